The highest BCUT2D eigenvalue weighted by Gasteiger charge is 2.45. The minimum absolute atomic E-state index is 0.262. The van der Waals surface area contributed by atoms with Crippen molar-refractivity contribution in [3.8, 4) is 11.1 Å². The number of piperidine rings is 2. The van der Waals surface area contributed by atoms with Gasteiger partial charge in [-0.05, 0) is 48.9 Å². The van der Waals surface area contributed by atoms with E-state index in [0.29, 0.717) is 12.5 Å². The topological polar surface area (TPSA) is 67.2 Å². The van der Waals surface area contributed by atoms with Crippen molar-refractivity contribution in [1.29, 1.82) is 0 Å². The first kappa shape index (κ1) is 21.8. The maximum absolute atomic E-state index is 13.8. The van der Waals surface area contributed by atoms with E-state index >= 15 is 0 Å². The van der Waals surface area contributed by atoms with Gasteiger partial charge in [0.2, 0.25) is 5.91 Å². The van der Waals surface area contributed by atoms with Gasteiger partial charge in [0.05, 0.1) is 28.8 Å². The molecule has 35 heavy (non-hydrogen) atoms. The number of amides is 1. The summed E-state index contributed by atoms with van der Waals surface area (Å²) in [6, 6.07) is 16.3. The smallest absolute Gasteiger partial charge is 0.229 e. The van der Waals surface area contributed by atoms with Crippen LogP contribution in [0.3, 0.4) is 0 Å². The molecule has 7 nitrogen and oxygen atoms in total. The second-order valence-corrected chi connectivity index (χ2v) is 9.87. The number of fused-ring (bicyclic) bond motifs is 1. The summed E-state index contributed by atoms with van der Waals surface area (Å²) in [7, 11) is 1.93. The minimum Gasteiger partial charge on any atom is -0.355 e. The molecule has 0 N–H and O–H groups in total. The van der Waals surface area contributed by atoms with Gasteiger partial charge in [0.15, 0.2) is 0 Å². The molecule has 2 aliphatic heterocycles. The largest absolute Gasteiger partial charge is 0.355 e. The van der Waals surface area contributed by atoms with Gasteiger partial charge in [-0.1, -0.05) is 36.4 Å². The molecule has 7 heteroatoms. The van der Waals surface area contributed by atoms with Gasteiger partial charge >= 0.3 is 0 Å². The van der Waals surface area contributed by atoms with Crippen LogP contribution < -0.4 is 4.90 Å². The summed E-state index contributed by atoms with van der Waals surface area (Å²) in [5.41, 5.74) is 4.98. The number of carbonyl (C=O) groups is 1. The van der Waals surface area contributed by atoms with E-state index < -0.39 is 0 Å². The number of carbonyl (C=O) groups excluding carboxylic acids is 1. The summed E-state index contributed by atoms with van der Waals surface area (Å²) >= 11 is 0. The molecular formula is C28H30N6O. The average Bonchev–Trinajstić information content (AvgIpc) is 3.33. The second-order valence-electron chi connectivity index (χ2n) is 9.87. The molecule has 2 saturated heterocycles. The zero-order valence-corrected chi connectivity index (χ0v) is 20.1. The lowest BCUT2D eigenvalue weighted by molar-refractivity contribution is -0.148. The van der Waals surface area contributed by atoms with Crippen molar-refractivity contribution in [1.82, 2.24) is 24.6 Å². The van der Waals surface area contributed by atoms with Crippen LogP contribution in [0, 0.1) is 5.41 Å². The van der Waals surface area contributed by atoms with E-state index in [1.807, 2.05) is 54.6 Å². The van der Waals surface area contributed by atoms with Crippen LogP contribution in [-0.4, -0.2) is 50.2 Å². The van der Waals surface area contributed by atoms with Crippen molar-refractivity contribution < 1.29 is 4.79 Å². The van der Waals surface area contributed by atoms with E-state index in [2.05, 4.69) is 44.1 Å². The van der Waals surface area contributed by atoms with Crippen LogP contribution in [0.2, 0.25) is 0 Å². The maximum Gasteiger partial charge on any atom is 0.229 e. The van der Waals surface area contributed by atoms with Crippen LogP contribution >= 0.6 is 0 Å². The Hall–Kier alpha value is -3.74. The van der Waals surface area contributed by atoms with E-state index in [0.717, 1.165) is 73.3 Å². The molecule has 4 heterocycles. The Balaban J connectivity index is 1.18. The van der Waals surface area contributed by atoms with Crippen LogP contribution in [0.4, 0.5) is 5.82 Å². The third kappa shape index (κ3) is 4.05. The van der Waals surface area contributed by atoms with Gasteiger partial charge < -0.3 is 9.80 Å². The number of likely N-dealkylation sites (tertiary alicyclic amines) is 1. The van der Waals surface area contributed by atoms with E-state index in [-0.39, 0.29) is 5.41 Å². The number of para-hydroxylation sites is 2. The maximum atomic E-state index is 13.8. The third-order valence-corrected chi connectivity index (χ3v) is 7.70. The van der Waals surface area contributed by atoms with E-state index in [9.17, 15) is 4.79 Å². The van der Waals surface area contributed by atoms with Crippen molar-refractivity contribution >= 4 is 22.8 Å². The molecule has 1 spiro atoms. The van der Waals surface area contributed by atoms with Crippen LogP contribution in [0.15, 0.2) is 67.1 Å². The van der Waals surface area contributed by atoms with Crippen LogP contribution in [0.1, 0.15) is 31.2 Å². The molecule has 0 bridgehead atoms. The second kappa shape index (κ2) is 8.80. The molecule has 6 rings (SSSR count). The fourth-order valence-corrected chi connectivity index (χ4v) is 5.74. The van der Waals surface area contributed by atoms with Gasteiger partial charge in [0.1, 0.15) is 5.82 Å². The van der Waals surface area contributed by atoms with Crippen molar-refractivity contribution in [3.05, 3.63) is 72.7 Å². The molecule has 0 saturated carbocycles. The summed E-state index contributed by atoms with van der Waals surface area (Å²) in [6.45, 7) is 3.13. The molecule has 1 amide bonds. The first-order chi connectivity index (χ1) is 17.1. The molecule has 2 aromatic heterocycles. The third-order valence-electron chi connectivity index (χ3n) is 7.70. The summed E-state index contributed by atoms with van der Waals surface area (Å²) < 4.78 is 1.82. The van der Waals surface area contributed by atoms with Gasteiger partial charge in [0, 0.05) is 45.0 Å². The lowest BCUT2D eigenvalue weighted by atomic mass is 9.71. The Morgan fingerprint density at radius 2 is 1.69 bits per heavy atom. The fraction of sp³-hybridized carbons (Fsp3) is 0.357. The minimum atomic E-state index is -0.262. The molecular weight excluding hydrogens is 436 g/mol. The molecule has 0 atom stereocenters. The Morgan fingerprint density at radius 1 is 0.914 bits per heavy atom. The van der Waals surface area contributed by atoms with Gasteiger partial charge in [-0.3, -0.25) is 14.5 Å². The zero-order valence-electron chi connectivity index (χ0n) is 20.1. The summed E-state index contributed by atoms with van der Waals surface area (Å²) in [5, 5.41) is 4.33. The number of rotatable bonds is 4. The zero-order chi connectivity index (χ0) is 23.8. The Bertz CT molecular complexity index is 1370. The molecule has 2 fully saturated rings. The standard InChI is InChI=1S/C28H30N6O/c1-32-19-22(17-30-32)23-8-3-2-7-21(23)20-34-14-6-11-28(27(34)35)12-15-33(16-13-28)26-18-29-24-9-4-5-10-25(24)31-26/h2-5,7-10,17-19H,6,11-16,20H2,1H3. The van der Waals surface area contributed by atoms with Crippen molar-refractivity contribution in [2.75, 3.05) is 24.5 Å². The van der Waals surface area contributed by atoms with Crippen LogP contribution in [0.25, 0.3) is 22.2 Å². The van der Waals surface area contributed by atoms with Crippen LogP contribution in [-0.2, 0) is 18.4 Å². The highest BCUT2D eigenvalue weighted by atomic mass is 16.2. The first-order valence-corrected chi connectivity index (χ1v) is 12.4. The normalized spacial score (nSPS) is 17.9. The predicted molar refractivity (Wildman–Crippen MR) is 137 cm³/mol. The first-order valence-electron chi connectivity index (χ1n) is 12.4. The molecule has 0 radical (unpaired) electrons. The number of aryl methyl sites for hydroxylation is 1. The molecule has 2 aliphatic rings. The monoisotopic (exact) mass is 466 g/mol. The van der Waals surface area contributed by atoms with Crippen molar-refractivity contribution in [2.24, 2.45) is 12.5 Å². The molecule has 0 unspecified atom stereocenters. The highest BCUT2D eigenvalue weighted by Crippen LogP contribution is 2.42. The summed E-state index contributed by atoms with van der Waals surface area (Å²) in [4.78, 5) is 27.6. The van der Waals surface area contributed by atoms with Gasteiger partial charge in [-0.2, -0.15) is 5.10 Å². The lowest BCUT2D eigenvalue weighted by Crippen LogP contribution is -2.53. The summed E-state index contributed by atoms with van der Waals surface area (Å²) in [5.74, 6) is 1.22. The number of hydrogen-bond acceptors (Lipinski definition) is 5. The number of aromatic nitrogens is 4. The number of hydrogen-bond donors (Lipinski definition) is 0. The van der Waals surface area contributed by atoms with Crippen molar-refractivity contribution in [3.63, 3.8) is 0 Å². The average molecular weight is 467 g/mol. The Kier molecular flexibility index (Phi) is 5.47. The highest BCUT2D eigenvalue weighted by molar-refractivity contribution is 5.84. The molecule has 2 aromatic carbocycles. The van der Waals surface area contributed by atoms with E-state index in [1.54, 1.807) is 0 Å². The van der Waals surface area contributed by atoms with Gasteiger partial charge in [-0.15, -0.1) is 0 Å². The summed E-state index contributed by atoms with van der Waals surface area (Å²) in [6.07, 6.45) is 9.54. The molecule has 178 valence electrons. The van der Waals surface area contributed by atoms with E-state index in [1.165, 1.54) is 5.56 Å². The number of benzene rings is 2. The molecule has 4 aromatic rings. The van der Waals surface area contributed by atoms with Crippen LogP contribution in [0.5, 0.6) is 0 Å². The van der Waals surface area contributed by atoms with E-state index in [4.69, 9.17) is 4.98 Å². The Labute approximate surface area is 205 Å². The number of anilines is 1. The predicted octanol–water partition coefficient (Wildman–Crippen LogP) is 4.44. The molecule has 0 aliphatic carbocycles. The lowest BCUT2D eigenvalue weighted by Gasteiger charge is -2.46. The van der Waals surface area contributed by atoms with Gasteiger partial charge in [-0.25, -0.2) is 4.98 Å². The Morgan fingerprint density at radius 3 is 2.49 bits per heavy atom. The van der Waals surface area contributed by atoms with Gasteiger partial charge in [0.25, 0.3) is 0 Å². The van der Waals surface area contributed by atoms with Crippen molar-refractivity contribution in [2.45, 2.75) is 32.2 Å². The number of nitrogens with zero attached hydrogens (tertiary/aromatic N) is 6. The SMILES string of the molecule is Cn1cc(-c2ccccc2CN2CCCC3(CCN(c4cnc5ccccc5n4)CC3)C2=O)cn1. The fourth-order valence-electron chi connectivity index (χ4n) is 5.74. The quantitative estimate of drug-likeness (QED) is 0.445.